The molecule has 0 aromatic heterocycles. The number of hydrogen-bond donors (Lipinski definition) is 1. The van der Waals surface area contributed by atoms with Crippen molar-refractivity contribution in [1.29, 1.82) is 0 Å². The van der Waals surface area contributed by atoms with Crippen LogP contribution >= 0.6 is 11.6 Å². The van der Waals surface area contributed by atoms with Crippen LogP contribution in [0, 0.1) is 5.82 Å². The van der Waals surface area contributed by atoms with Gasteiger partial charge in [-0.2, -0.15) is 0 Å². The zero-order valence-electron chi connectivity index (χ0n) is 15.2. The van der Waals surface area contributed by atoms with Crippen molar-refractivity contribution < 1.29 is 23.4 Å². The fourth-order valence-corrected chi connectivity index (χ4v) is 3.31. The summed E-state index contributed by atoms with van der Waals surface area (Å²) in [4.78, 5) is 11.7. The van der Waals surface area contributed by atoms with Gasteiger partial charge in [0.05, 0.1) is 12.2 Å². The lowest BCUT2D eigenvalue weighted by Gasteiger charge is -2.28. The number of fused-ring (bicyclic) bond motifs is 1. The Hall–Kier alpha value is -3.09. The lowest BCUT2D eigenvalue weighted by atomic mass is 10.1. The van der Waals surface area contributed by atoms with Crippen LogP contribution in [0.25, 0.3) is 0 Å². The van der Waals surface area contributed by atoms with Crippen molar-refractivity contribution in [3.63, 3.8) is 0 Å². The molecule has 0 saturated heterocycles. The van der Waals surface area contributed by atoms with Crippen molar-refractivity contribution in [2.75, 3.05) is 0 Å². The van der Waals surface area contributed by atoms with Crippen molar-refractivity contribution in [2.24, 2.45) is 5.73 Å². The third-order valence-corrected chi connectivity index (χ3v) is 4.72. The number of benzene rings is 3. The first-order valence-corrected chi connectivity index (χ1v) is 9.25. The van der Waals surface area contributed by atoms with Crippen LogP contribution in [0.2, 0.25) is 5.02 Å². The van der Waals surface area contributed by atoms with Gasteiger partial charge in [-0.05, 0) is 30.3 Å². The van der Waals surface area contributed by atoms with Gasteiger partial charge in [-0.3, -0.25) is 4.79 Å². The lowest BCUT2D eigenvalue weighted by molar-refractivity contribution is -0.112. The van der Waals surface area contributed by atoms with Gasteiger partial charge < -0.3 is 19.9 Å². The Morgan fingerprint density at radius 1 is 1.17 bits per heavy atom. The van der Waals surface area contributed by atoms with E-state index in [0.29, 0.717) is 21.9 Å². The van der Waals surface area contributed by atoms with Gasteiger partial charge in [-0.25, -0.2) is 4.39 Å². The molecule has 3 aromatic carbocycles. The summed E-state index contributed by atoms with van der Waals surface area (Å²) in [5.41, 5.74) is 7.47. The monoisotopic (exact) mass is 413 g/mol. The predicted molar refractivity (Wildman–Crippen MR) is 105 cm³/mol. The molecular formula is C22H17ClFNO4. The maximum atomic E-state index is 14.1. The summed E-state index contributed by atoms with van der Waals surface area (Å²) in [5.74, 6) is -0.343. The Morgan fingerprint density at radius 3 is 2.72 bits per heavy atom. The highest BCUT2D eigenvalue weighted by molar-refractivity contribution is 6.31. The topological polar surface area (TPSA) is 70.8 Å². The molecule has 148 valence electrons. The molecule has 0 saturated carbocycles. The molecule has 3 aromatic rings. The van der Waals surface area contributed by atoms with Gasteiger partial charge in [-0.1, -0.05) is 41.9 Å². The highest BCUT2D eigenvalue weighted by atomic mass is 35.5. The Kier molecular flexibility index (Phi) is 5.38. The van der Waals surface area contributed by atoms with Crippen molar-refractivity contribution in [3.8, 4) is 11.5 Å². The molecule has 0 bridgehead atoms. The van der Waals surface area contributed by atoms with Crippen molar-refractivity contribution in [1.82, 2.24) is 0 Å². The van der Waals surface area contributed by atoms with Gasteiger partial charge in [0.1, 0.15) is 23.9 Å². The van der Waals surface area contributed by atoms with E-state index in [2.05, 4.69) is 0 Å². The van der Waals surface area contributed by atoms with Crippen LogP contribution in [0.15, 0.2) is 60.7 Å². The summed E-state index contributed by atoms with van der Waals surface area (Å²) in [6.45, 7) is 0.177. The van der Waals surface area contributed by atoms with E-state index in [4.69, 9.17) is 31.5 Å². The smallest absolute Gasteiger partial charge is 0.252 e. The second kappa shape index (κ2) is 8.11. The molecule has 0 unspecified atom stereocenters. The Morgan fingerprint density at radius 2 is 1.97 bits per heavy atom. The van der Waals surface area contributed by atoms with Gasteiger partial charge >= 0.3 is 0 Å². The van der Waals surface area contributed by atoms with Gasteiger partial charge in [0.25, 0.3) is 5.91 Å². The van der Waals surface area contributed by atoms with Crippen molar-refractivity contribution >= 4 is 17.5 Å². The van der Waals surface area contributed by atoms with E-state index in [-0.39, 0.29) is 24.5 Å². The zero-order chi connectivity index (χ0) is 20.4. The molecule has 1 aliphatic rings. The molecule has 29 heavy (non-hydrogen) atoms. The van der Waals surface area contributed by atoms with Crippen molar-refractivity contribution in [3.05, 3.63) is 93.8 Å². The van der Waals surface area contributed by atoms with E-state index in [1.807, 2.05) is 30.3 Å². The van der Waals surface area contributed by atoms with Crippen LogP contribution in [0.5, 0.6) is 11.5 Å². The second-order valence-electron chi connectivity index (χ2n) is 6.52. The van der Waals surface area contributed by atoms with Gasteiger partial charge in [-0.15, -0.1) is 0 Å². The average Bonchev–Trinajstić information content (AvgIpc) is 2.72. The minimum atomic E-state index is -0.669. The molecule has 1 atom stereocenters. The number of carbonyl (C=O) groups is 1. The minimum Gasteiger partial charge on any atom is -0.488 e. The Balaban J connectivity index is 1.61. The Labute approximate surface area is 171 Å². The first-order chi connectivity index (χ1) is 14.0. The third kappa shape index (κ3) is 4.18. The van der Waals surface area contributed by atoms with E-state index in [9.17, 15) is 9.18 Å². The summed E-state index contributed by atoms with van der Waals surface area (Å²) >= 11 is 5.92. The lowest BCUT2D eigenvalue weighted by Crippen LogP contribution is -2.20. The molecule has 1 heterocycles. The van der Waals surface area contributed by atoms with E-state index < -0.39 is 18.0 Å². The highest BCUT2D eigenvalue weighted by Crippen LogP contribution is 2.37. The summed E-state index contributed by atoms with van der Waals surface area (Å²) in [5, 5.41) is 0.362. The van der Waals surface area contributed by atoms with Gasteiger partial charge in [0.2, 0.25) is 6.29 Å². The number of ether oxygens (including phenoxy) is 3. The first kappa shape index (κ1) is 19.2. The standard InChI is InChI=1S/C22H17ClFNO4/c23-16-6-7-19(18(10-16)21(25)26)27-11-14-8-17(24)9-15-12-28-22(29-20(14)15)13-4-2-1-3-5-13/h1-10,22H,11-12H2,(H2,25,26)/t22-/m0/s1. The highest BCUT2D eigenvalue weighted by Gasteiger charge is 2.25. The maximum absolute atomic E-state index is 14.1. The van der Waals surface area contributed by atoms with E-state index in [0.717, 1.165) is 5.56 Å². The fraction of sp³-hybridized carbons (Fsp3) is 0.136. The quantitative estimate of drug-likeness (QED) is 0.654. The molecule has 2 N–H and O–H groups in total. The zero-order valence-corrected chi connectivity index (χ0v) is 16.0. The summed E-state index contributed by atoms with van der Waals surface area (Å²) in [6.07, 6.45) is -0.607. The summed E-state index contributed by atoms with van der Waals surface area (Å²) < 4.78 is 31.6. The number of primary amides is 1. The van der Waals surface area contributed by atoms with Gasteiger partial charge in [0.15, 0.2) is 0 Å². The van der Waals surface area contributed by atoms with E-state index >= 15 is 0 Å². The fourth-order valence-electron chi connectivity index (χ4n) is 3.13. The molecule has 0 fully saturated rings. The summed E-state index contributed by atoms with van der Waals surface area (Å²) in [7, 11) is 0. The number of nitrogens with two attached hydrogens (primary N) is 1. The van der Waals surface area contributed by atoms with Crippen LogP contribution < -0.4 is 15.2 Å². The number of hydrogen-bond acceptors (Lipinski definition) is 4. The maximum Gasteiger partial charge on any atom is 0.252 e. The minimum absolute atomic E-state index is 0.0243. The Bertz CT molecular complexity index is 1060. The number of amides is 1. The molecule has 0 spiro atoms. The average molecular weight is 414 g/mol. The van der Waals surface area contributed by atoms with E-state index in [1.165, 1.54) is 18.2 Å². The molecule has 0 aliphatic carbocycles. The first-order valence-electron chi connectivity index (χ1n) is 8.88. The second-order valence-corrected chi connectivity index (χ2v) is 6.95. The molecule has 7 heteroatoms. The number of halogens is 2. The predicted octanol–water partition coefficient (Wildman–Crippen LogP) is 4.76. The van der Waals surface area contributed by atoms with Crippen molar-refractivity contribution in [2.45, 2.75) is 19.5 Å². The largest absolute Gasteiger partial charge is 0.488 e. The summed E-state index contributed by atoms with van der Waals surface area (Å²) in [6, 6.07) is 16.7. The number of rotatable bonds is 5. The molecular weight excluding hydrogens is 397 g/mol. The normalized spacial score (nSPS) is 15.3. The van der Waals surface area contributed by atoms with Gasteiger partial charge in [0, 0.05) is 21.7 Å². The molecule has 4 rings (SSSR count). The van der Waals surface area contributed by atoms with Crippen LogP contribution in [0.1, 0.15) is 33.3 Å². The van der Waals surface area contributed by atoms with Crippen LogP contribution in [0.4, 0.5) is 4.39 Å². The van der Waals surface area contributed by atoms with Crippen LogP contribution in [0.3, 0.4) is 0 Å². The molecule has 5 nitrogen and oxygen atoms in total. The SMILES string of the molecule is NC(=O)c1cc(Cl)ccc1OCc1cc(F)cc2c1O[C@@H](c1ccccc1)OC2. The van der Waals surface area contributed by atoms with E-state index in [1.54, 1.807) is 12.1 Å². The molecule has 1 amide bonds. The molecule has 0 radical (unpaired) electrons. The number of carbonyl (C=O) groups excluding carboxylic acids is 1. The molecule has 1 aliphatic heterocycles. The van der Waals surface area contributed by atoms with Crippen LogP contribution in [-0.2, 0) is 18.0 Å². The third-order valence-electron chi connectivity index (χ3n) is 4.48. The van der Waals surface area contributed by atoms with Crippen LogP contribution in [-0.4, -0.2) is 5.91 Å².